The van der Waals surface area contributed by atoms with E-state index in [0.29, 0.717) is 11.3 Å². The molecule has 0 aliphatic rings. The summed E-state index contributed by atoms with van der Waals surface area (Å²) in [6, 6.07) is 13.1. The van der Waals surface area contributed by atoms with Crippen molar-refractivity contribution in [1.29, 1.82) is 0 Å². The SMILES string of the molecule is COc1ccc(/C=C(/NC(=O)c2ccccc2Cl)C(=O)NCC(=O)O)cc1. The first-order valence-corrected chi connectivity index (χ1v) is 8.20. The zero-order valence-corrected chi connectivity index (χ0v) is 15.1. The van der Waals surface area contributed by atoms with Crippen LogP contribution in [-0.4, -0.2) is 36.5 Å². The van der Waals surface area contributed by atoms with Crippen LogP contribution in [0.25, 0.3) is 6.08 Å². The van der Waals surface area contributed by atoms with Crippen LogP contribution >= 0.6 is 11.6 Å². The third-order valence-corrected chi connectivity index (χ3v) is 3.77. The Balaban J connectivity index is 2.29. The number of benzene rings is 2. The zero-order chi connectivity index (χ0) is 19.8. The van der Waals surface area contributed by atoms with Gasteiger partial charge in [-0.05, 0) is 35.9 Å². The summed E-state index contributed by atoms with van der Waals surface area (Å²) < 4.78 is 5.07. The van der Waals surface area contributed by atoms with Crippen LogP contribution in [0.2, 0.25) is 5.02 Å². The summed E-state index contributed by atoms with van der Waals surface area (Å²) >= 11 is 6.01. The molecule has 0 heterocycles. The van der Waals surface area contributed by atoms with Crippen LogP contribution in [0.5, 0.6) is 5.75 Å². The van der Waals surface area contributed by atoms with Crippen LogP contribution in [0.15, 0.2) is 54.2 Å². The van der Waals surface area contributed by atoms with Gasteiger partial charge in [-0.3, -0.25) is 14.4 Å². The van der Waals surface area contributed by atoms with Gasteiger partial charge in [-0.1, -0.05) is 35.9 Å². The summed E-state index contributed by atoms with van der Waals surface area (Å²) in [7, 11) is 1.53. The smallest absolute Gasteiger partial charge is 0.322 e. The molecular weight excluding hydrogens is 372 g/mol. The number of carbonyl (C=O) groups is 3. The molecule has 140 valence electrons. The fourth-order valence-corrected chi connectivity index (χ4v) is 2.33. The number of hydrogen-bond donors (Lipinski definition) is 3. The number of ether oxygens (including phenoxy) is 1. The number of methoxy groups -OCH3 is 1. The quantitative estimate of drug-likeness (QED) is 0.631. The Morgan fingerprint density at radius 1 is 1.11 bits per heavy atom. The summed E-state index contributed by atoms with van der Waals surface area (Å²) in [4.78, 5) is 35.5. The molecule has 8 heteroatoms. The van der Waals surface area contributed by atoms with Crippen molar-refractivity contribution in [2.75, 3.05) is 13.7 Å². The van der Waals surface area contributed by atoms with Crippen LogP contribution in [-0.2, 0) is 9.59 Å². The van der Waals surface area contributed by atoms with E-state index in [2.05, 4.69) is 10.6 Å². The van der Waals surface area contributed by atoms with Gasteiger partial charge in [-0.2, -0.15) is 0 Å². The maximum atomic E-state index is 12.5. The summed E-state index contributed by atoms with van der Waals surface area (Å²) in [5, 5.41) is 13.7. The number of halogens is 1. The van der Waals surface area contributed by atoms with Crippen molar-refractivity contribution in [1.82, 2.24) is 10.6 Å². The number of nitrogens with one attached hydrogen (secondary N) is 2. The van der Waals surface area contributed by atoms with E-state index in [-0.39, 0.29) is 16.3 Å². The van der Waals surface area contributed by atoms with Gasteiger partial charge in [0.1, 0.15) is 18.0 Å². The van der Waals surface area contributed by atoms with E-state index < -0.39 is 24.3 Å². The van der Waals surface area contributed by atoms with Crippen LogP contribution in [0.3, 0.4) is 0 Å². The van der Waals surface area contributed by atoms with Crippen molar-refractivity contribution >= 4 is 35.5 Å². The minimum absolute atomic E-state index is 0.119. The number of rotatable bonds is 7. The van der Waals surface area contributed by atoms with E-state index in [4.69, 9.17) is 21.4 Å². The van der Waals surface area contributed by atoms with Gasteiger partial charge in [0.05, 0.1) is 17.7 Å². The molecule has 0 saturated heterocycles. The molecule has 3 N–H and O–H groups in total. The normalized spacial score (nSPS) is 10.8. The summed E-state index contributed by atoms with van der Waals surface area (Å²) in [5.41, 5.74) is 0.674. The van der Waals surface area contributed by atoms with Crippen molar-refractivity contribution in [3.8, 4) is 5.75 Å². The van der Waals surface area contributed by atoms with Gasteiger partial charge in [0.25, 0.3) is 11.8 Å². The molecule has 0 spiro atoms. The average molecular weight is 389 g/mol. The minimum atomic E-state index is -1.20. The molecule has 0 aliphatic heterocycles. The Morgan fingerprint density at radius 3 is 2.37 bits per heavy atom. The predicted molar refractivity (Wildman–Crippen MR) is 101 cm³/mol. The van der Waals surface area contributed by atoms with Gasteiger partial charge < -0.3 is 20.5 Å². The Bertz CT molecular complexity index is 878. The Labute approximate surface area is 160 Å². The summed E-state index contributed by atoms with van der Waals surface area (Å²) in [6.07, 6.45) is 1.42. The molecule has 2 amide bonds. The van der Waals surface area contributed by atoms with Crippen molar-refractivity contribution in [2.24, 2.45) is 0 Å². The number of hydrogen-bond acceptors (Lipinski definition) is 4. The van der Waals surface area contributed by atoms with Crippen LogP contribution in [0.1, 0.15) is 15.9 Å². The lowest BCUT2D eigenvalue weighted by Gasteiger charge is -2.11. The number of carboxylic acids is 1. The lowest BCUT2D eigenvalue weighted by Crippen LogP contribution is -2.37. The van der Waals surface area contributed by atoms with Crippen molar-refractivity contribution in [3.05, 3.63) is 70.4 Å². The molecule has 0 fully saturated rings. The highest BCUT2D eigenvalue weighted by Crippen LogP contribution is 2.16. The third-order valence-electron chi connectivity index (χ3n) is 3.44. The predicted octanol–water partition coefficient (Wildman–Crippen LogP) is 2.32. The molecule has 2 rings (SSSR count). The zero-order valence-electron chi connectivity index (χ0n) is 14.4. The van der Waals surface area contributed by atoms with Crippen molar-refractivity contribution in [3.63, 3.8) is 0 Å². The fourth-order valence-electron chi connectivity index (χ4n) is 2.11. The second-order valence-corrected chi connectivity index (χ2v) is 5.75. The standard InChI is InChI=1S/C19H17ClN2O5/c1-27-13-8-6-12(7-9-13)10-16(19(26)21-11-17(23)24)22-18(25)14-4-2-3-5-15(14)20/h2-10H,11H2,1H3,(H,21,26)(H,22,25)(H,23,24)/b16-10+. The molecule has 0 aliphatic carbocycles. The van der Waals surface area contributed by atoms with Gasteiger partial charge in [-0.15, -0.1) is 0 Å². The Morgan fingerprint density at radius 2 is 1.78 bits per heavy atom. The first-order valence-electron chi connectivity index (χ1n) is 7.82. The molecule has 0 aromatic heterocycles. The molecular formula is C19H17ClN2O5. The maximum absolute atomic E-state index is 12.5. The number of carbonyl (C=O) groups excluding carboxylic acids is 2. The molecule has 0 bridgehead atoms. The molecule has 0 atom stereocenters. The molecule has 0 radical (unpaired) electrons. The molecule has 0 saturated carbocycles. The molecule has 7 nitrogen and oxygen atoms in total. The van der Waals surface area contributed by atoms with Crippen molar-refractivity contribution < 1.29 is 24.2 Å². The first kappa shape index (κ1) is 20.0. The second-order valence-electron chi connectivity index (χ2n) is 5.34. The number of aliphatic carboxylic acids is 1. The number of amides is 2. The highest BCUT2D eigenvalue weighted by Gasteiger charge is 2.17. The highest BCUT2D eigenvalue weighted by atomic mass is 35.5. The Hall–Kier alpha value is -3.32. The van der Waals surface area contributed by atoms with E-state index in [1.54, 1.807) is 42.5 Å². The van der Waals surface area contributed by atoms with Gasteiger partial charge >= 0.3 is 5.97 Å². The van der Waals surface area contributed by atoms with E-state index >= 15 is 0 Å². The van der Waals surface area contributed by atoms with E-state index in [9.17, 15) is 14.4 Å². The molecule has 2 aromatic carbocycles. The molecule has 2 aromatic rings. The highest BCUT2D eigenvalue weighted by molar-refractivity contribution is 6.34. The lowest BCUT2D eigenvalue weighted by molar-refractivity contribution is -0.137. The van der Waals surface area contributed by atoms with E-state index in [1.807, 2.05) is 0 Å². The van der Waals surface area contributed by atoms with Crippen LogP contribution in [0.4, 0.5) is 0 Å². The molecule has 0 unspecified atom stereocenters. The van der Waals surface area contributed by atoms with Gasteiger partial charge in [0.2, 0.25) is 0 Å². The third kappa shape index (κ3) is 5.86. The van der Waals surface area contributed by atoms with Crippen molar-refractivity contribution in [2.45, 2.75) is 0 Å². The van der Waals surface area contributed by atoms with Gasteiger partial charge in [0, 0.05) is 0 Å². The van der Waals surface area contributed by atoms with E-state index in [0.717, 1.165) is 0 Å². The maximum Gasteiger partial charge on any atom is 0.322 e. The first-order chi connectivity index (χ1) is 12.9. The van der Waals surface area contributed by atoms with Gasteiger partial charge in [-0.25, -0.2) is 0 Å². The minimum Gasteiger partial charge on any atom is -0.497 e. The second kappa shape index (κ2) is 9.40. The van der Waals surface area contributed by atoms with E-state index in [1.165, 1.54) is 19.3 Å². The van der Waals surface area contributed by atoms with Gasteiger partial charge in [0.15, 0.2) is 0 Å². The number of carboxylic acid groups (broad SMARTS) is 1. The largest absolute Gasteiger partial charge is 0.497 e. The lowest BCUT2D eigenvalue weighted by atomic mass is 10.1. The monoisotopic (exact) mass is 388 g/mol. The average Bonchev–Trinajstić information content (AvgIpc) is 2.66. The fraction of sp³-hybridized carbons (Fsp3) is 0.105. The summed E-state index contributed by atoms with van der Waals surface area (Å²) in [5.74, 6) is -1.91. The van der Waals surface area contributed by atoms with Crippen LogP contribution < -0.4 is 15.4 Å². The summed E-state index contributed by atoms with van der Waals surface area (Å²) in [6.45, 7) is -0.583. The molecule has 27 heavy (non-hydrogen) atoms. The van der Waals surface area contributed by atoms with Crippen LogP contribution in [0, 0.1) is 0 Å². The topological polar surface area (TPSA) is 105 Å². The Kier molecular flexibility index (Phi) is 6.96.